The zero-order chi connectivity index (χ0) is 18.9. The number of amides is 3. The summed E-state index contributed by atoms with van der Waals surface area (Å²) in [4.78, 5) is 37.6. The van der Waals surface area contributed by atoms with Gasteiger partial charge in [-0.3, -0.25) is 9.69 Å². The summed E-state index contributed by atoms with van der Waals surface area (Å²) >= 11 is 0. The number of urea groups is 1. The maximum absolute atomic E-state index is 12.8. The van der Waals surface area contributed by atoms with Crippen LogP contribution in [0.4, 0.5) is 4.79 Å². The summed E-state index contributed by atoms with van der Waals surface area (Å²) in [5.74, 6) is -0.832. The lowest BCUT2D eigenvalue weighted by Gasteiger charge is -2.22. The van der Waals surface area contributed by atoms with Crippen LogP contribution in [-0.2, 0) is 21.6 Å². The first-order chi connectivity index (χ1) is 12.4. The lowest BCUT2D eigenvalue weighted by Crippen LogP contribution is -2.40. The summed E-state index contributed by atoms with van der Waals surface area (Å²) in [5, 5.41) is 11.5. The van der Waals surface area contributed by atoms with E-state index in [-0.39, 0.29) is 18.1 Å². The second kappa shape index (κ2) is 6.37. The van der Waals surface area contributed by atoms with Crippen LogP contribution in [0.2, 0.25) is 0 Å². The number of hydrogen-bond donors (Lipinski definition) is 1. The van der Waals surface area contributed by atoms with Crippen molar-refractivity contribution in [2.75, 3.05) is 7.11 Å². The molecule has 1 unspecified atom stereocenters. The number of methoxy groups -OCH3 is 1. The molecule has 0 bridgehead atoms. The van der Waals surface area contributed by atoms with Gasteiger partial charge < -0.3 is 14.5 Å². The van der Waals surface area contributed by atoms with Gasteiger partial charge in [0, 0.05) is 0 Å². The van der Waals surface area contributed by atoms with Gasteiger partial charge in [0.25, 0.3) is 5.91 Å². The number of carbonyl (C=O) groups excluding carboxylic acids is 3. The molecule has 3 amide bonds. The van der Waals surface area contributed by atoms with Gasteiger partial charge in [-0.25, -0.2) is 9.59 Å². The van der Waals surface area contributed by atoms with Crippen LogP contribution in [0.1, 0.15) is 34.4 Å². The Kier molecular flexibility index (Phi) is 4.22. The number of carbonyl (C=O) groups is 3. The number of esters is 1. The van der Waals surface area contributed by atoms with Crippen LogP contribution in [0.15, 0.2) is 40.8 Å². The maximum Gasteiger partial charge on any atom is 0.373 e. The molecule has 2 aromatic rings. The Morgan fingerprint density at radius 1 is 1.27 bits per heavy atom. The van der Waals surface area contributed by atoms with Crippen molar-refractivity contribution in [3.8, 4) is 6.07 Å². The fraction of sp³-hybridized carbons (Fsp3) is 0.222. The Morgan fingerprint density at radius 3 is 2.58 bits per heavy atom. The molecule has 1 aromatic heterocycles. The summed E-state index contributed by atoms with van der Waals surface area (Å²) in [6, 6.07) is 10.8. The molecule has 132 valence electrons. The molecule has 0 saturated carbocycles. The zero-order valence-corrected chi connectivity index (χ0v) is 14.1. The van der Waals surface area contributed by atoms with Gasteiger partial charge in [0.15, 0.2) is 0 Å². The standard InChI is InChI=1S/C18H15N3O5/c1-18(12-5-3-11(9-19)4-6-12)16(23)21(17(24)20-18)10-13-7-8-14(26-13)15(22)25-2/h3-8H,10H2,1-2H3,(H,20,24). The quantitative estimate of drug-likeness (QED) is 0.663. The number of nitrogens with zero attached hydrogens (tertiary/aromatic N) is 2. The van der Waals surface area contributed by atoms with E-state index >= 15 is 0 Å². The summed E-state index contributed by atoms with van der Waals surface area (Å²) in [6.45, 7) is 1.48. The highest BCUT2D eigenvalue weighted by Gasteiger charge is 2.49. The molecule has 0 aliphatic carbocycles. The normalized spacial score (nSPS) is 19.2. The van der Waals surface area contributed by atoms with Crippen molar-refractivity contribution in [2.45, 2.75) is 19.0 Å². The molecule has 2 heterocycles. The lowest BCUT2D eigenvalue weighted by molar-refractivity contribution is -0.131. The van der Waals surface area contributed by atoms with Crippen LogP contribution in [0.5, 0.6) is 0 Å². The van der Waals surface area contributed by atoms with Gasteiger partial charge in [-0.15, -0.1) is 0 Å². The molecule has 1 aliphatic heterocycles. The summed E-state index contributed by atoms with van der Waals surface area (Å²) in [7, 11) is 1.23. The van der Waals surface area contributed by atoms with Crippen LogP contribution in [0, 0.1) is 11.3 Å². The average molecular weight is 353 g/mol. The van der Waals surface area contributed by atoms with E-state index in [1.54, 1.807) is 31.2 Å². The number of rotatable bonds is 4. The molecule has 1 atom stereocenters. The second-order valence-corrected chi connectivity index (χ2v) is 5.89. The molecule has 8 nitrogen and oxygen atoms in total. The van der Waals surface area contributed by atoms with E-state index in [0.29, 0.717) is 11.1 Å². The van der Waals surface area contributed by atoms with Crippen LogP contribution in [0.3, 0.4) is 0 Å². The smallest absolute Gasteiger partial charge is 0.373 e. The minimum atomic E-state index is -1.25. The molecule has 8 heteroatoms. The number of ether oxygens (including phenoxy) is 1. The van der Waals surface area contributed by atoms with E-state index in [9.17, 15) is 14.4 Å². The number of benzene rings is 1. The van der Waals surface area contributed by atoms with Crippen LogP contribution in [0.25, 0.3) is 0 Å². The van der Waals surface area contributed by atoms with Crippen molar-refractivity contribution >= 4 is 17.9 Å². The van der Waals surface area contributed by atoms with Crippen molar-refractivity contribution < 1.29 is 23.5 Å². The Labute approximate surface area is 148 Å². The third-order valence-corrected chi connectivity index (χ3v) is 4.23. The molecule has 1 aliphatic rings. The van der Waals surface area contributed by atoms with Gasteiger partial charge >= 0.3 is 12.0 Å². The number of furan rings is 1. The summed E-state index contributed by atoms with van der Waals surface area (Å²) in [5.41, 5.74) is -0.230. The van der Waals surface area contributed by atoms with Crippen molar-refractivity contribution in [2.24, 2.45) is 0 Å². The molecule has 1 fully saturated rings. The predicted octanol–water partition coefficient (Wildman–Crippen LogP) is 1.91. The topological polar surface area (TPSA) is 113 Å². The predicted molar refractivity (Wildman–Crippen MR) is 87.6 cm³/mol. The Balaban J connectivity index is 1.83. The first-order valence-electron chi connectivity index (χ1n) is 7.71. The van der Waals surface area contributed by atoms with Crippen molar-refractivity contribution in [3.63, 3.8) is 0 Å². The van der Waals surface area contributed by atoms with E-state index in [1.807, 2.05) is 6.07 Å². The number of imide groups is 1. The van der Waals surface area contributed by atoms with Crippen LogP contribution < -0.4 is 5.32 Å². The third-order valence-electron chi connectivity index (χ3n) is 4.23. The van der Waals surface area contributed by atoms with E-state index < -0.39 is 23.4 Å². The van der Waals surface area contributed by atoms with Gasteiger partial charge in [-0.1, -0.05) is 12.1 Å². The first kappa shape index (κ1) is 17.2. The third kappa shape index (κ3) is 2.80. The molecule has 1 saturated heterocycles. The van der Waals surface area contributed by atoms with Crippen molar-refractivity contribution in [1.82, 2.24) is 10.2 Å². The Hall–Kier alpha value is -3.60. The largest absolute Gasteiger partial charge is 0.463 e. The van der Waals surface area contributed by atoms with Gasteiger partial charge in [0.1, 0.15) is 11.3 Å². The molecule has 1 aromatic carbocycles. The van der Waals surface area contributed by atoms with Gasteiger partial charge in [-0.05, 0) is 36.8 Å². The SMILES string of the molecule is COC(=O)c1ccc(CN2C(=O)NC(C)(c3ccc(C#N)cc3)C2=O)o1. The molecule has 0 spiro atoms. The Morgan fingerprint density at radius 2 is 1.96 bits per heavy atom. The summed E-state index contributed by atoms with van der Waals surface area (Å²) < 4.78 is 9.87. The van der Waals surface area contributed by atoms with Gasteiger partial charge in [-0.2, -0.15) is 5.26 Å². The Bertz CT molecular complexity index is 925. The highest BCUT2D eigenvalue weighted by molar-refractivity contribution is 6.07. The minimum absolute atomic E-state index is 0.00981. The van der Waals surface area contributed by atoms with E-state index in [2.05, 4.69) is 10.1 Å². The maximum atomic E-state index is 12.8. The first-order valence-corrected chi connectivity index (χ1v) is 7.71. The monoisotopic (exact) mass is 353 g/mol. The molecule has 1 N–H and O–H groups in total. The van der Waals surface area contributed by atoms with Crippen LogP contribution >= 0.6 is 0 Å². The molecular weight excluding hydrogens is 338 g/mol. The van der Waals surface area contributed by atoms with E-state index in [1.165, 1.54) is 19.2 Å². The number of nitriles is 1. The fourth-order valence-electron chi connectivity index (χ4n) is 2.74. The average Bonchev–Trinajstić information content (AvgIpc) is 3.20. The van der Waals surface area contributed by atoms with Crippen molar-refractivity contribution in [1.29, 1.82) is 5.26 Å². The molecular formula is C18H15N3O5. The lowest BCUT2D eigenvalue weighted by atomic mass is 9.91. The highest BCUT2D eigenvalue weighted by atomic mass is 16.5. The van der Waals surface area contributed by atoms with E-state index in [4.69, 9.17) is 9.68 Å². The van der Waals surface area contributed by atoms with Crippen molar-refractivity contribution in [3.05, 3.63) is 59.0 Å². The van der Waals surface area contributed by atoms with Crippen LogP contribution in [-0.4, -0.2) is 29.9 Å². The fourth-order valence-corrected chi connectivity index (χ4v) is 2.74. The summed E-state index contributed by atoms with van der Waals surface area (Å²) in [6.07, 6.45) is 0. The molecule has 26 heavy (non-hydrogen) atoms. The zero-order valence-electron chi connectivity index (χ0n) is 14.1. The van der Waals surface area contributed by atoms with Gasteiger partial charge in [0.2, 0.25) is 5.76 Å². The number of nitrogens with one attached hydrogen (secondary N) is 1. The second-order valence-electron chi connectivity index (χ2n) is 5.89. The molecule has 3 rings (SSSR count). The number of hydrogen-bond acceptors (Lipinski definition) is 6. The molecule has 0 radical (unpaired) electrons. The van der Waals surface area contributed by atoms with E-state index in [0.717, 1.165) is 4.90 Å². The minimum Gasteiger partial charge on any atom is -0.463 e. The highest BCUT2D eigenvalue weighted by Crippen LogP contribution is 2.30. The van der Waals surface area contributed by atoms with Gasteiger partial charge in [0.05, 0.1) is 25.3 Å².